The SMILES string of the molecule is [2H]c1c([2H])c(-c2c([2H])c([2H])c([2H])c3c2-c2c([2H])c([2H])c([2H])c([2H])c2C3(C)C([2H])([2H])[2H])c([2H])c(-c2c3c([2H])c([2H])c([2H])c([2H])c3c(-c3c([2H])c([2H])c4oc5c([2H])c6c([2H])c([2H])c([2H])c([2H])c6c([2H])c5c4c3[2H])c3c([2H])c([2H])c([2H])c([2H])c23)c1[2H]. The number of rotatable bonds is 3. The zero-order valence-corrected chi connectivity index (χ0v) is 26.4. The van der Waals surface area contributed by atoms with Gasteiger partial charge in [0.15, 0.2) is 0 Å². The predicted octanol–water partition coefficient (Wildman–Crippen LogP) is 14.4. The summed E-state index contributed by atoms with van der Waals surface area (Å²) in [5.74, 6) is 0. The molecule has 1 unspecified atom stereocenters. The third-order valence-corrected chi connectivity index (χ3v) is 9.20. The highest BCUT2D eigenvalue weighted by atomic mass is 16.3. The van der Waals surface area contributed by atoms with Crippen molar-refractivity contribution < 1.29 is 46.9 Å². The van der Waals surface area contributed by atoms with E-state index in [4.69, 9.17) is 29.1 Å². The molecule has 0 radical (unpaired) electrons. The number of fused-ring (bicyclic) bond motifs is 9. The summed E-state index contributed by atoms with van der Waals surface area (Å²) in [6.45, 7) is -2.28. The highest BCUT2D eigenvalue weighted by Gasteiger charge is 2.36. The Labute approximate surface area is 346 Å². The van der Waals surface area contributed by atoms with Gasteiger partial charge in [0.05, 0.1) is 38.4 Å². The first-order chi connectivity index (χ1) is 38.5. The van der Waals surface area contributed by atoms with Gasteiger partial charge in [-0.1, -0.05) is 153 Å². The van der Waals surface area contributed by atoms with Crippen LogP contribution in [0.3, 0.4) is 0 Å². The van der Waals surface area contributed by atoms with Crippen LogP contribution in [0.4, 0.5) is 0 Å². The lowest BCUT2D eigenvalue weighted by Crippen LogP contribution is -2.14. The molecule has 1 aliphatic carbocycles. The largest absolute Gasteiger partial charge is 0.456 e. The fourth-order valence-electron chi connectivity index (χ4n) is 6.92. The van der Waals surface area contributed by atoms with Crippen molar-refractivity contribution in [3.63, 3.8) is 0 Å². The number of hydrogen-bond acceptors (Lipinski definition) is 1. The molecule has 0 fully saturated rings. The van der Waals surface area contributed by atoms with Gasteiger partial charge in [0.2, 0.25) is 0 Å². The molecule has 244 valence electrons. The second-order valence-electron chi connectivity index (χ2n) is 12.1. The van der Waals surface area contributed by atoms with Crippen LogP contribution in [0, 0.1) is 0 Å². The van der Waals surface area contributed by atoms with E-state index >= 15 is 0 Å². The molecule has 0 saturated carbocycles. The molecule has 0 spiro atoms. The maximum absolute atomic E-state index is 10.1. The van der Waals surface area contributed by atoms with E-state index in [1.54, 1.807) is 0 Å². The van der Waals surface area contributed by atoms with Crippen LogP contribution in [0.1, 0.15) is 67.4 Å². The molecule has 9 aromatic carbocycles. The van der Waals surface area contributed by atoms with Gasteiger partial charge in [-0.3, -0.25) is 0 Å². The molecule has 0 amide bonds. The van der Waals surface area contributed by atoms with Crippen molar-refractivity contribution in [3.8, 4) is 44.5 Å². The number of hydrogen-bond donors (Lipinski definition) is 0. The Morgan fingerprint density at radius 2 is 0.981 bits per heavy atom. The van der Waals surface area contributed by atoms with E-state index < -0.39 is 291 Å². The van der Waals surface area contributed by atoms with E-state index in [9.17, 15) is 17.8 Å². The van der Waals surface area contributed by atoms with Gasteiger partial charge in [0.25, 0.3) is 0 Å². The third kappa shape index (κ3) is 4.11. The molecule has 11 rings (SSSR count). The summed E-state index contributed by atoms with van der Waals surface area (Å²) in [5.41, 5.74) is -11.5. The van der Waals surface area contributed by atoms with Crippen LogP contribution in [-0.2, 0) is 5.41 Å². The minimum atomic E-state index is -3.31. The maximum Gasteiger partial charge on any atom is 0.136 e. The first-order valence-electron chi connectivity index (χ1n) is 31.2. The molecule has 10 aromatic rings. The summed E-state index contributed by atoms with van der Waals surface area (Å²) in [5, 5.41) is -5.31. The van der Waals surface area contributed by atoms with Gasteiger partial charge in [-0.2, -0.15) is 0 Å². The molecule has 0 aliphatic heterocycles. The molecule has 1 aromatic heterocycles. The van der Waals surface area contributed by atoms with E-state index in [2.05, 4.69) is 0 Å². The number of benzene rings is 9. The Hall–Kier alpha value is -6.44. The second kappa shape index (κ2) is 10.8. The zero-order chi connectivity index (χ0) is 61.4. The fourth-order valence-corrected chi connectivity index (χ4v) is 6.92. The Balaban J connectivity index is 1.39. The van der Waals surface area contributed by atoms with E-state index in [0.29, 0.717) is 0 Å². The summed E-state index contributed by atoms with van der Waals surface area (Å²) < 4.78 is 289. The van der Waals surface area contributed by atoms with E-state index in [1.165, 1.54) is 0 Å². The van der Waals surface area contributed by atoms with E-state index in [0.717, 1.165) is 6.92 Å². The minimum absolute atomic E-state index is 0.472. The maximum atomic E-state index is 10.1. The zero-order valence-electron chi connectivity index (χ0n) is 57.4. The first-order valence-corrected chi connectivity index (χ1v) is 15.7. The smallest absolute Gasteiger partial charge is 0.136 e. The molecule has 52 heavy (non-hydrogen) atoms. The van der Waals surface area contributed by atoms with Crippen molar-refractivity contribution in [1.82, 2.24) is 0 Å². The van der Waals surface area contributed by atoms with Crippen LogP contribution in [0.5, 0.6) is 0 Å². The van der Waals surface area contributed by atoms with Crippen molar-refractivity contribution >= 4 is 54.3 Å². The molecule has 1 heteroatoms. The third-order valence-electron chi connectivity index (χ3n) is 9.20. The standard InChI is InChI=1S/C51H34O/c1-51(2)44-23-10-9-21-41(44)50-36(22-12-24-45(50)51)33-15-11-16-34(27-33)48-37-17-5-7-19-39(37)49(40-20-8-6-18-38(40)48)35-25-26-46-42(29-35)43-28-31-13-3-4-14-32(31)30-47(43)52-46/h3-30H,1-2H3/i1D3,3D,4D,5D,6D,7D,8D,9D,10D,11D,12D,13D,14D,15D,16D,17D,18D,19D,20D,21D,22D,23D,24D,25D,26D,27D,28D,29D,30D. The van der Waals surface area contributed by atoms with E-state index in [-0.39, 0.29) is 0 Å². The molecule has 1 atom stereocenters. The van der Waals surface area contributed by atoms with Crippen LogP contribution in [0.2, 0.25) is 0 Å². The van der Waals surface area contributed by atoms with Crippen molar-refractivity contribution in [2.24, 2.45) is 0 Å². The lowest BCUT2D eigenvalue weighted by molar-refractivity contribution is 0.660. The Morgan fingerprint density at radius 1 is 0.423 bits per heavy atom. The molecule has 1 aliphatic rings. The molecule has 1 nitrogen and oxygen atoms in total. The Bertz CT molecular complexity index is 4740. The molecule has 0 bridgehead atoms. The predicted molar refractivity (Wildman–Crippen MR) is 220 cm³/mol. The average Bonchev–Trinajstić information content (AvgIpc) is 1.80. The average molecular weight is 694 g/mol. The van der Waals surface area contributed by atoms with Crippen LogP contribution < -0.4 is 0 Å². The lowest BCUT2D eigenvalue weighted by Gasteiger charge is -2.21. The highest BCUT2D eigenvalue weighted by Crippen LogP contribution is 2.52. The molecular weight excluding hydrogens is 629 g/mol. The summed E-state index contributed by atoms with van der Waals surface area (Å²) in [6.07, 6.45) is 0. The summed E-state index contributed by atoms with van der Waals surface area (Å²) >= 11 is 0. The van der Waals surface area contributed by atoms with E-state index in [1.807, 2.05) is 0 Å². The van der Waals surface area contributed by atoms with Gasteiger partial charge in [-0.15, -0.1) is 0 Å². The van der Waals surface area contributed by atoms with Gasteiger partial charge >= 0.3 is 0 Å². The first kappa shape index (κ1) is 12.1. The normalized spacial score (nSPS) is 23.8. The molecular formula is C51H34O. The van der Waals surface area contributed by atoms with Crippen molar-refractivity contribution in [1.29, 1.82) is 0 Å². The molecule has 0 N–H and O–H groups in total. The van der Waals surface area contributed by atoms with Gasteiger partial charge in [-0.25, -0.2) is 0 Å². The van der Waals surface area contributed by atoms with Crippen molar-refractivity contribution in [2.75, 3.05) is 0 Å². The summed E-state index contributed by atoms with van der Waals surface area (Å²) in [7, 11) is 0. The van der Waals surface area contributed by atoms with Crippen LogP contribution in [0.15, 0.2) is 174 Å². The van der Waals surface area contributed by atoms with Crippen LogP contribution in [-0.4, -0.2) is 0 Å². The van der Waals surface area contributed by atoms with Gasteiger partial charge in [0.1, 0.15) is 11.2 Å². The second-order valence-corrected chi connectivity index (χ2v) is 12.1. The fraction of sp³-hybridized carbons (Fsp3) is 0.0588. The minimum Gasteiger partial charge on any atom is -0.456 e. The molecule has 1 heterocycles. The summed E-state index contributed by atoms with van der Waals surface area (Å²) in [6, 6.07) is -27.1. The lowest BCUT2D eigenvalue weighted by atomic mass is 9.82. The highest BCUT2D eigenvalue weighted by molar-refractivity contribution is 6.22. The van der Waals surface area contributed by atoms with Crippen LogP contribution in [0.25, 0.3) is 98.8 Å². The number of furan rings is 1. The van der Waals surface area contributed by atoms with Gasteiger partial charge < -0.3 is 4.42 Å². The Kier molecular flexibility index (Phi) is 2.50. The Morgan fingerprint density at radius 3 is 1.71 bits per heavy atom. The monoisotopic (exact) mass is 693 g/mol. The summed E-state index contributed by atoms with van der Waals surface area (Å²) in [4.78, 5) is 0. The topological polar surface area (TPSA) is 13.1 Å². The quantitative estimate of drug-likeness (QED) is 0.168. The van der Waals surface area contributed by atoms with Crippen LogP contribution >= 0.6 is 0 Å². The molecule has 0 saturated heterocycles. The van der Waals surface area contributed by atoms with Gasteiger partial charge in [-0.05, 0) is 118 Å². The van der Waals surface area contributed by atoms with Gasteiger partial charge in [0, 0.05) is 20.3 Å². The van der Waals surface area contributed by atoms with Crippen molar-refractivity contribution in [2.45, 2.75) is 19.2 Å². The van der Waals surface area contributed by atoms with Crippen molar-refractivity contribution in [3.05, 3.63) is 180 Å².